The van der Waals surface area contributed by atoms with E-state index in [1.165, 1.54) is 18.2 Å². The Hall–Kier alpha value is -2.42. The number of nitriles is 1. The first kappa shape index (κ1) is 12.6. The highest BCUT2D eigenvalue weighted by atomic mass is 19.1. The summed E-state index contributed by atoms with van der Waals surface area (Å²) in [7, 11) is 0. The molecule has 5 nitrogen and oxygen atoms in total. The van der Waals surface area contributed by atoms with Gasteiger partial charge in [-0.3, -0.25) is 9.59 Å². The molecule has 0 saturated heterocycles. The van der Waals surface area contributed by atoms with Crippen LogP contribution in [0.1, 0.15) is 5.56 Å². The van der Waals surface area contributed by atoms with E-state index in [0.29, 0.717) is 5.56 Å². The van der Waals surface area contributed by atoms with E-state index in [-0.39, 0.29) is 13.1 Å². The quantitative estimate of drug-likeness (QED) is 0.575. The lowest BCUT2D eigenvalue weighted by molar-refractivity contribution is -0.139. The molecule has 0 aromatic heterocycles. The number of nitrogens with one attached hydrogen (secondary N) is 2. The van der Waals surface area contributed by atoms with E-state index >= 15 is 0 Å². The van der Waals surface area contributed by atoms with Crippen LogP contribution < -0.4 is 10.6 Å². The minimum absolute atomic E-state index is 0.0521. The third kappa shape index (κ3) is 4.30. The number of carbonyl (C=O) groups excluding carboxylic acids is 2. The average molecular weight is 235 g/mol. The number of hydrogen-bond acceptors (Lipinski definition) is 3. The molecule has 0 unspecified atom stereocenters. The van der Waals surface area contributed by atoms with Crippen LogP contribution in [0, 0.1) is 17.1 Å². The predicted molar refractivity (Wildman–Crippen MR) is 56.9 cm³/mol. The second-order valence-corrected chi connectivity index (χ2v) is 3.15. The van der Waals surface area contributed by atoms with Gasteiger partial charge in [-0.05, 0) is 17.7 Å². The molecule has 0 heterocycles. The minimum Gasteiger partial charge on any atom is -0.344 e. The molecule has 0 fully saturated rings. The normalized spacial score (nSPS) is 9.18. The Morgan fingerprint density at radius 1 is 1.29 bits per heavy atom. The number of rotatable bonds is 3. The van der Waals surface area contributed by atoms with Gasteiger partial charge < -0.3 is 10.6 Å². The van der Waals surface area contributed by atoms with E-state index in [2.05, 4.69) is 10.6 Å². The van der Waals surface area contributed by atoms with Gasteiger partial charge in [0.25, 0.3) is 0 Å². The molecule has 0 aliphatic heterocycles. The van der Waals surface area contributed by atoms with Crippen LogP contribution in [0.4, 0.5) is 4.39 Å². The highest BCUT2D eigenvalue weighted by Gasteiger charge is 2.11. The van der Waals surface area contributed by atoms with Gasteiger partial charge in [-0.25, -0.2) is 4.39 Å². The summed E-state index contributed by atoms with van der Waals surface area (Å²) in [5.74, 6) is -2.15. The third-order valence-electron chi connectivity index (χ3n) is 1.88. The van der Waals surface area contributed by atoms with Gasteiger partial charge in [0.05, 0.1) is 6.07 Å². The molecule has 2 N–H and O–H groups in total. The molecule has 6 heteroatoms. The zero-order valence-electron chi connectivity index (χ0n) is 8.87. The largest absolute Gasteiger partial charge is 0.344 e. The number of halogens is 1. The molecule has 0 saturated carbocycles. The lowest BCUT2D eigenvalue weighted by atomic mass is 10.2. The van der Waals surface area contributed by atoms with Crippen molar-refractivity contribution in [3.05, 3.63) is 35.6 Å². The summed E-state index contributed by atoms with van der Waals surface area (Å²) < 4.78 is 12.8. The number of carbonyl (C=O) groups is 2. The van der Waals surface area contributed by atoms with Crippen LogP contribution in [0.5, 0.6) is 0 Å². The van der Waals surface area contributed by atoms with Crippen molar-refractivity contribution < 1.29 is 14.0 Å². The van der Waals surface area contributed by atoms with Crippen molar-refractivity contribution in [1.29, 1.82) is 5.26 Å². The Morgan fingerprint density at radius 3 is 2.65 bits per heavy atom. The van der Waals surface area contributed by atoms with E-state index in [0.717, 1.165) is 0 Å². The Kier molecular flexibility index (Phi) is 4.63. The molecule has 0 aliphatic rings. The van der Waals surface area contributed by atoms with Crippen LogP contribution in [0.15, 0.2) is 24.3 Å². The Bertz CT molecular complexity index is 468. The van der Waals surface area contributed by atoms with Gasteiger partial charge in [0.2, 0.25) is 0 Å². The van der Waals surface area contributed by atoms with Crippen molar-refractivity contribution in [3.63, 3.8) is 0 Å². The standard InChI is InChI=1S/C11H10FN3O2/c12-9-3-1-2-8(6-9)7-15-11(17)10(16)14-5-4-13/h1-3,6H,5,7H2,(H,14,16)(H,15,17). The molecule has 17 heavy (non-hydrogen) atoms. The maximum absolute atomic E-state index is 12.8. The van der Waals surface area contributed by atoms with Crippen molar-refractivity contribution >= 4 is 11.8 Å². The summed E-state index contributed by atoms with van der Waals surface area (Å²) in [4.78, 5) is 22.2. The lowest BCUT2D eigenvalue weighted by Crippen LogP contribution is -2.39. The summed E-state index contributed by atoms with van der Waals surface area (Å²) >= 11 is 0. The number of hydrogen-bond donors (Lipinski definition) is 2. The predicted octanol–water partition coefficient (Wildman–Crippen LogP) is 0.0817. The number of benzene rings is 1. The molecule has 88 valence electrons. The second kappa shape index (κ2) is 6.23. The Balaban J connectivity index is 2.43. The van der Waals surface area contributed by atoms with Crippen LogP contribution >= 0.6 is 0 Å². The van der Waals surface area contributed by atoms with E-state index in [1.54, 1.807) is 12.1 Å². The number of amides is 2. The molecule has 0 bridgehead atoms. The second-order valence-electron chi connectivity index (χ2n) is 3.15. The molecule has 0 atom stereocenters. The molecule has 1 rings (SSSR count). The fourth-order valence-corrected chi connectivity index (χ4v) is 1.11. The van der Waals surface area contributed by atoms with Crippen LogP contribution in [0.25, 0.3) is 0 Å². The molecule has 0 spiro atoms. The number of nitrogens with zero attached hydrogens (tertiary/aromatic N) is 1. The van der Waals surface area contributed by atoms with Gasteiger partial charge in [-0.15, -0.1) is 0 Å². The fourth-order valence-electron chi connectivity index (χ4n) is 1.11. The highest BCUT2D eigenvalue weighted by Crippen LogP contribution is 2.02. The monoisotopic (exact) mass is 235 g/mol. The van der Waals surface area contributed by atoms with E-state index < -0.39 is 17.6 Å². The van der Waals surface area contributed by atoms with Crippen LogP contribution in [-0.4, -0.2) is 18.4 Å². The van der Waals surface area contributed by atoms with Crippen molar-refractivity contribution in [2.75, 3.05) is 6.54 Å². The zero-order valence-corrected chi connectivity index (χ0v) is 8.87. The maximum Gasteiger partial charge on any atom is 0.310 e. The third-order valence-corrected chi connectivity index (χ3v) is 1.88. The highest BCUT2D eigenvalue weighted by molar-refractivity contribution is 6.35. The van der Waals surface area contributed by atoms with Gasteiger partial charge in [0, 0.05) is 6.54 Å². The van der Waals surface area contributed by atoms with Crippen LogP contribution in [0.2, 0.25) is 0 Å². The van der Waals surface area contributed by atoms with Gasteiger partial charge in [0.1, 0.15) is 12.4 Å². The maximum atomic E-state index is 12.8. The molecule has 0 radical (unpaired) electrons. The van der Waals surface area contributed by atoms with Gasteiger partial charge in [0.15, 0.2) is 0 Å². The van der Waals surface area contributed by atoms with Gasteiger partial charge >= 0.3 is 11.8 Å². The smallest absolute Gasteiger partial charge is 0.310 e. The topological polar surface area (TPSA) is 82.0 Å². The van der Waals surface area contributed by atoms with Crippen molar-refractivity contribution in [2.45, 2.75) is 6.54 Å². The molecule has 1 aromatic rings. The zero-order chi connectivity index (χ0) is 12.7. The first-order valence-electron chi connectivity index (χ1n) is 4.81. The first-order valence-corrected chi connectivity index (χ1v) is 4.81. The molecular weight excluding hydrogens is 225 g/mol. The van der Waals surface area contributed by atoms with Crippen molar-refractivity contribution in [1.82, 2.24) is 10.6 Å². The summed E-state index contributed by atoms with van der Waals surface area (Å²) in [5.41, 5.74) is 0.548. The SMILES string of the molecule is N#CCNC(=O)C(=O)NCc1cccc(F)c1. The average Bonchev–Trinajstić information content (AvgIpc) is 2.33. The molecule has 1 aromatic carbocycles. The lowest BCUT2D eigenvalue weighted by Gasteiger charge is -2.04. The van der Waals surface area contributed by atoms with Gasteiger partial charge in [-0.1, -0.05) is 12.1 Å². The molecule has 0 aliphatic carbocycles. The van der Waals surface area contributed by atoms with Crippen molar-refractivity contribution in [3.8, 4) is 6.07 Å². The summed E-state index contributed by atoms with van der Waals surface area (Å²) in [6.07, 6.45) is 0. The fraction of sp³-hybridized carbons (Fsp3) is 0.182. The van der Waals surface area contributed by atoms with E-state index in [4.69, 9.17) is 5.26 Å². The Morgan fingerprint density at radius 2 is 2.00 bits per heavy atom. The minimum atomic E-state index is -0.886. The van der Waals surface area contributed by atoms with Gasteiger partial charge in [-0.2, -0.15) is 5.26 Å². The summed E-state index contributed by atoms with van der Waals surface area (Å²) in [6.45, 7) is -0.178. The summed E-state index contributed by atoms with van der Waals surface area (Å²) in [5, 5.41) is 12.6. The first-order chi connectivity index (χ1) is 8.13. The molecular formula is C11H10FN3O2. The van der Waals surface area contributed by atoms with Crippen LogP contribution in [0.3, 0.4) is 0 Å². The molecule has 2 amide bonds. The van der Waals surface area contributed by atoms with Crippen molar-refractivity contribution in [2.24, 2.45) is 0 Å². The van der Waals surface area contributed by atoms with E-state index in [9.17, 15) is 14.0 Å². The van der Waals surface area contributed by atoms with Crippen LogP contribution in [-0.2, 0) is 16.1 Å². The summed E-state index contributed by atoms with van der Waals surface area (Å²) in [6, 6.07) is 7.34. The Labute approximate surface area is 97.2 Å². The van der Waals surface area contributed by atoms with E-state index in [1.807, 2.05) is 0 Å².